The Hall–Kier alpha value is -0.810. The third-order valence-corrected chi connectivity index (χ3v) is 4.35. The van der Waals surface area contributed by atoms with E-state index in [1.165, 1.54) is 0 Å². The molecule has 5 nitrogen and oxygen atoms in total. The predicted molar refractivity (Wildman–Crippen MR) is 93.5 cm³/mol. The van der Waals surface area contributed by atoms with Crippen LogP contribution in [0.1, 0.15) is 67.2 Å². The molecule has 1 rings (SSSR count). The number of amides is 1. The minimum Gasteiger partial charge on any atom is -0.444 e. The van der Waals surface area contributed by atoms with Gasteiger partial charge in [0.1, 0.15) is 5.60 Å². The standard InChI is InChI=1S/C18H36N2O3/c1-14(19-13-18(5,6)9-11-21)12-15-8-7-10-20(15)16(22)23-17(2,3)4/h14-15,19,21H,7-13H2,1-6H3. The summed E-state index contributed by atoms with van der Waals surface area (Å²) in [5, 5.41) is 12.7. The Bertz CT molecular complexity index is 377. The van der Waals surface area contributed by atoms with Crippen LogP contribution in [0.2, 0.25) is 0 Å². The molecule has 2 unspecified atom stereocenters. The second kappa shape index (κ2) is 8.34. The number of rotatable bonds is 7. The number of nitrogens with one attached hydrogen (secondary N) is 1. The highest BCUT2D eigenvalue weighted by Crippen LogP contribution is 2.24. The van der Waals surface area contributed by atoms with Crippen LogP contribution < -0.4 is 5.32 Å². The summed E-state index contributed by atoms with van der Waals surface area (Å²) in [5.41, 5.74) is -0.355. The molecule has 5 heteroatoms. The highest BCUT2D eigenvalue weighted by molar-refractivity contribution is 5.68. The summed E-state index contributed by atoms with van der Waals surface area (Å²) < 4.78 is 5.52. The van der Waals surface area contributed by atoms with E-state index < -0.39 is 5.60 Å². The molecule has 0 aromatic carbocycles. The van der Waals surface area contributed by atoms with E-state index in [4.69, 9.17) is 9.84 Å². The lowest BCUT2D eigenvalue weighted by molar-refractivity contribution is 0.0213. The summed E-state index contributed by atoms with van der Waals surface area (Å²) >= 11 is 0. The van der Waals surface area contributed by atoms with Crippen molar-refractivity contribution in [2.24, 2.45) is 5.41 Å². The summed E-state index contributed by atoms with van der Waals surface area (Å²) in [5.74, 6) is 0. The molecule has 0 aliphatic carbocycles. The van der Waals surface area contributed by atoms with Crippen LogP contribution in [0.4, 0.5) is 4.79 Å². The van der Waals surface area contributed by atoms with E-state index in [2.05, 4.69) is 26.1 Å². The molecule has 0 bridgehead atoms. The minimum absolute atomic E-state index is 0.0868. The van der Waals surface area contributed by atoms with Crippen LogP contribution in [0.5, 0.6) is 0 Å². The lowest BCUT2D eigenvalue weighted by atomic mass is 9.89. The number of hydrogen-bond acceptors (Lipinski definition) is 4. The van der Waals surface area contributed by atoms with E-state index in [9.17, 15) is 4.79 Å². The molecule has 0 saturated carbocycles. The maximum Gasteiger partial charge on any atom is 0.410 e. The Balaban J connectivity index is 2.47. The molecule has 23 heavy (non-hydrogen) atoms. The van der Waals surface area contributed by atoms with Gasteiger partial charge in [0.2, 0.25) is 0 Å². The molecule has 1 aliphatic rings. The maximum absolute atomic E-state index is 12.3. The van der Waals surface area contributed by atoms with E-state index in [-0.39, 0.29) is 24.2 Å². The second-order valence-corrected chi connectivity index (χ2v) is 8.63. The Kier molecular flexibility index (Phi) is 7.33. The van der Waals surface area contributed by atoms with E-state index >= 15 is 0 Å². The lowest BCUT2D eigenvalue weighted by Crippen LogP contribution is -2.44. The highest BCUT2D eigenvalue weighted by Gasteiger charge is 2.33. The van der Waals surface area contributed by atoms with Gasteiger partial charge in [-0.15, -0.1) is 0 Å². The van der Waals surface area contributed by atoms with E-state index in [1.54, 1.807) is 0 Å². The summed E-state index contributed by atoms with van der Waals surface area (Å²) in [6.07, 6.45) is 3.64. The van der Waals surface area contributed by atoms with Gasteiger partial charge in [0.25, 0.3) is 0 Å². The zero-order valence-electron chi connectivity index (χ0n) is 15.8. The van der Waals surface area contributed by atoms with Crippen molar-refractivity contribution in [2.75, 3.05) is 19.7 Å². The topological polar surface area (TPSA) is 61.8 Å². The first kappa shape index (κ1) is 20.2. The quantitative estimate of drug-likeness (QED) is 0.753. The molecule has 136 valence electrons. The smallest absolute Gasteiger partial charge is 0.410 e. The average molecular weight is 328 g/mol. The normalized spacial score (nSPS) is 20.7. The van der Waals surface area contributed by atoms with Crippen LogP contribution in [0.3, 0.4) is 0 Å². The van der Waals surface area contributed by atoms with Crippen molar-refractivity contribution in [1.29, 1.82) is 0 Å². The molecule has 0 radical (unpaired) electrons. The molecule has 1 saturated heterocycles. The molecule has 2 N–H and O–H groups in total. The predicted octanol–water partition coefficient (Wildman–Crippen LogP) is 3.16. The maximum atomic E-state index is 12.3. The van der Waals surface area contributed by atoms with Crippen molar-refractivity contribution in [3.8, 4) is 0 Å². The summed E-state index contributed by atoms with van der Waals surface area (Å²) in [7, 11) is 0. The summed E-state index contributed by atoms with van der Waals surface area (Å²) in [4.78, 5) is 14.2. The molecule has 1 amide bonds. The van der Waals surface area contributed by atoms with E-state index in [0.29, 0.717) is 6.04 Å². The van der Waals surface area contributed by atoms with Crippen LogP contribution >= 0.6 is 0 Å². The van der Waals surface area contributed by atoms with Crippen molar-refractivity contribution >= 4 is 6.09 Å². The molecule has 1 aliphatic heterocycles. The molecule has 0 aromatic rings. The Labute approximate surface area is 141 Å². The van der Waals surface area contributed by atoms with Crippen molar-refractivity contribution in [3.63, 3.8) is 0 Å². The van der Waals surface area contributed by atoms with Crippen LogP contribution in [0, 0.1) is 5.41 Å². The van der Waals surface area contributed by atoms with Crippen LogP contribution in [0.25, 0.3) is 0 Å². The molecule has 1 heterocycles. The van der Waals surface area contributed by atoms with Gasteiger partial charge in [-0.25, -0.2) is 4.79 Å². The first-order valence-corrected chi connectivity index (χ1v) is 8.88. The van der Waals surface area contributed by atoms with Crippen LogP contribution in [-0.4, -0.2) is 53.5 Å². The number of aliphatic hydroxyl groups is 1. The van der Waals surface area contributed by atoms with E-state index in [1.807, 2.05) is 25.7 Å². The van der Waals surface area contributed by atoms with Gasteiger partial charge >= 0.3 is 6.09 Å². The number of nitrogens with zero attached hydrogens (tertiary/aromatic N) is 1. The number of hydrogen-bond donors (Lipinski definition) is 2. The number of carbonyl (C=O) groups is 1. The van der Waals surface area contributed by atoms with Crippen molar-refractivity contribution in [1.82, 2.24) is 10.2 Å². The van der Waals surface area contributed by atoms with Gasteiger partial charge in [-0.2, -0.15) is 0 Å². The molecule has 0 aromatic heterocycles. The summed E-state index contributed by atoms with van der Waals surface area (Å²) in [6.45, 7) is 14.1. The van der Waals surface area contributed by atoms with Gasteiger partial charge in [0.15, 0.2) is 0 Å². The average Bonchev–Trinajstić information content (AvgIpc) is 2.82. The van der Waals surface area contributed by atoms with Crippen molar-refractivity contribution in [3.05, 3.63) is 0 Å². The SMILES string of the molecule is CC(CC1CCCN1C(=O)OC(C)(C)C)NCC(C)(C)CCO. The lowest BCUT2D eigenvalue weighted by Gasteiger charge is -2.31. The molecule has 2 atom stereocenters. The zero-order chi connectivity index (χ0) is 17.7. The first-order valence-electron chi connectivity index (χ1n) is 8.88. The minimum atomic E-state index is -0.442. The first-order chi connectivity index (χ1) is 10.5. The fourth-order valence-corrected chi connectivity index (χ4v) is 2.97. The molecule has 1 fully saturated rings. The zero-order valence-corrected chi connectivity index (χ0v) is 15.8. The Morgan fingerprint density at radius 1 is 1.35 bits per heavy atom. The van der Waals surface area contributed by atoms with Crippen molar-refractivity contribution < 1.29 is 14.6 Å². The molecular weight excluding hydrogens is 292 g/mol. The van der Waals surface area contributed by atoms with Gasteiger partial charge < -0.3 is 20.1 Å². The monoisotopic (exact) mass is 328 g/mol. The highest BCUT2D eigenvalue weighted by atomic mass is 16.6. The Morgan fingerprint density at radius 2 is 2.00 bits per heavy atom. The van der Waals surface area contributed by atoms with Gasteiger partial charge in [-0.05, 0) is 58.8 Å². The number of ether oxygens (including phenoxy) is 1. The van der Waals surface area contributed by atoms with Gasteiger partial charge in [0.05, 0.1) is 0 Å². The van der Waals surface area contributed by atoms with Crippen LogP contribution in [-0.2, 0) is 4.74 Å². The fraction of sp³-hybridized carbons (Fsp3) is 0.944. The number of aliphatic hydroxyl groups excluding tert-OH is 1. The number of likely N-dealkylation sites (tertiary alicyclic amines) is 1. The Morgan fingerprint density at radius 3 is 2.57 bits per heavy atom. The van der Waals surface area contributed by atoms with Gasteiger partial charge in [0, 0.05) is 31.8 Å². The third kappa shape index (κ3) is 7.53. The van der Waals surface area contributed by atoms with Gasteiger partial charge in [-0.1, -0.05) is 13.8 Å². The molecule has 0 spiro atoms. The van der Waals surface area contributed by atoms with Gasteiger partial charge in [-0.3, -0.25) is 0 Å². The van der Waals surface area contributed by atoms with Crippen molar-refractivity contribution in [2.45, 2.75) is 84.9 Å². The third-order valence-electron chi connectivity index (χ3n) is 4.35. The fourth-order valence-electron chi connectivity index (χ4n) is 2.97. The second-order valence-electron chi connectivity index (χ2n) is 8.63. The summed E-state index contributed by atoms with van der Waals surface area (Å²) in [6, 6.07) is 0.592. The molecular formula is C18H36N2O3. The number of carbonyl (C=O) groups excluding carboxylic acids is 1. The van der Waals surface area contributed by atoms with E-state index in [0.717, 1.165) is 38.8 Å². The largest absolute Gasteiger partial charge is 0.444 e. The van der Waals surface area contributed by atoms with Crippen LogP contribution in [0.15, 0.2) is 0 Å².